The number of unbranched alkanes of at least 4 members (excludes halogenated alkanes) is 1. The SMILES string of the molecule is CN(C)CCCCNC(=O)N[C@H](CO)C(=O)O. The molecule has 1 atom stereocenters. The van der Waals surface area contributed by atoms with E-state index in [2.05, 4.69) is 10.6 Å². The molecule has 0 aliphatic heterocycles. The molecule has 0 saturated carbocycles. The van der Waals surface area contributed by atoms with Gasteiger partial charge in [-0.1, -0.05) is 0 Å². The molecule has 0 aliphatic rings. The Morgan fingerprint density at radius 3 is 2.41 bits per heavy atom. The van der Waals surface area contributed by atoms with Crippen molar-refractivity contribution in [1.29, 1.82) is 0 Å². The van der Waals surface area contributed by atoms with Gasteiger partial charge in [0.05, 0.1) is 6.61 Å². The van der Waals surface area contributed by atoms with Crippen molar-refractivity contribution in [3.8, 4) is 0 Å². The summed E-state index contributed by atoms with van der Waals surface area (Å²) in [6.07, 6.45) is 1.78. The summed E-state index contributed by atoms with van der Waals surface area (Å²) in [6.45, 7) is 0.804. The minimum atomic E-state index is -1.25. The number of carbonyl (C=O) groups excluding carboxylic acids is 1. The highest BCUT2D eigenvalue weighted by molar-refractivity contribution is 5.82. The van der Waals surface area contributed by atoms with Crippen LogP contribution in [0, 0.1) is 0 Å². The third kappa shape index (κ3) is 8.47. The second-order valence-electron chi connectivity index (χ2n) is 3.98. The molecule has 0 aromatic carbocycles. The Bertz CT molecular complexity index is 246. The van der Waals surface area contributed by atoms with Gasteiger partial charge >= 0.3 is 12.0 Å². The molecule has 0 aliphatic carbocycles. The van der Waals surface area contributed by atoms with E-state index in [-0.39, 0.29) is 0 Å². The quantitative estimate of drug-likeness (QED) is 0.415. The summed E-state index contributed by atoms with van der Waals surface area (Å²) < 4.78 is 0. The summed E-state index contributed by atoms with van der Waals surface area (Å²) in [5.74, 6) is -1.25. The van der Waals surface area contributed by atoms with Crippen molar-refractivity contribution in [3.05, 3.63) is 0 Å². The summed E-state index contributed by atoms with van der Waals surface area (Å²) in [5, 5.41) is 22.0. The molecule has 7 nitrogen and oxygen atoms in total. The van der Waals surface area contributed by atoms with Crippen LogP contribution >= 0.6 is 0 Å². The van der Waals surface area contributed by atoms with Gasteiger partial charge in [0.25, 0.3) is 0 Å². The Morgan fingerprint density at radius 2 is 1.94 bits per heavy atom. The maximum absolute atomic E-state index is 11.2. The highest BCUT2D eigenvalue weighted by Gasteiger charge is 2.17. The first-order chi connectivity index (χ1) is 7.97. The van der Waals surface area contributed by atoms with Gasteiger partial charge in [-0.25, -0.2) is 9.59 Å². The van der Waals surface area contributed by atoms with Gasteiger partial charge in [-0.3, -0.25) is 0 Å². The fraction of sp³-hybridized carbons (Fsp3) is 0.800. The van der Waals surface area contributed by atoms with Crippen molar-refractivity contribution in [2.75, 3.05) is 33.8 Å². The van der Waals surface area contributed by atoms with Crippen LogP contribution in [0.3, 0.4) is 0 Å². The van der Waals surface area contributed by atoms with Gasteiger partial charge in [0.15, 0.2) is 6.04 Å². The van der Waals surface area contributed by atoms with Crippen molar-refractivity contribution in [2.45, 2.75) is 18.9 Å². The van der Waals surface area contributed by atoms with Crippen LogP contribution in [0.15, 0.2) is 0 Å². The number of carboxylic acids is 1. The molecule has 0 rings (SSSR count). The zero-order valence-corrected chi connectivity index (χ0v) is 10.3. The number of rotatable bonds is 8. The Morgan fingerprint density at radius 1 is 1.29 bits per heavy atom. The van der Waals surface area contributed by atoms with Crippen LogP contribution < -0.4 is 10.6 Å². The summed E-state index contributed by atoms with van der Waals surface area (Å²) in [5.41, 5.74) is 0. The second-order valence-corrected chi connectivity index (χ2v) is 3.98. The topological polar surface area (TPSA) is 102 Å². The molecule has 0 radical (unpaired) electrons. The predicted molar refractivity (Wildman–Crippen MR) is 62.8 cm³/mol. The molecule has 0 heterocycles. The maximum atomic E-state index is 11.2. The Balaban J connectivity index is 3.62. The van der Waals surface area contributed by atoms with E-state index in [4.69, 9.17) is 10.2 Å². The normalized spacial score (nSPS) is 12.2. The number of nitrogens with zero attached hydrogens (tertiary/aromatic N) is 1. The summed E-state index contributed by atoms with van der Waals surface area (Å²) >= 11 is 0. The number of hydrogen-bond acceptors (Lipinski definition) is 4. The number of hydrogen-bond donors (Lipinski definition) is 4. The summed E-state index contributed by atoms with van der Waals surface area (Å²) in [6, 6.07) is -1.83. The lowest BCUT2D eigenvalue weighted by Gasteiger charge is -2.13. The third-order valence-corrected chi connectivity index (χ3v) is 2.10. The number of aliphatic hydroxyl groups excluding tert-OH is 1. The van der Waals surface area contributed by atoms with E-state index in [0.29, 0.717) is 6.54 Å². The van der Waals surface area contributed by atoms with Gasteiger partial charge in [0, 0.05) is 6.54 Å². The van der Waals surface area contributed by atoms with Gasteiger partial charge in [-0.05, 0) is 33.5 Å². The maximum Gasteiger partial charge on any atom is 0.328 e. The van der Waals surface area contributed by atoms with E-state index >= 15 is 0 Å². The van der Waals surface area contributed by atoms with Crippen LogP contribution in [0.4, 0.5) is 4.79 Å². The molecular weight excluding hydrogens is 226 g/mol. The molecule has 4 N–H and O–H groups in total. The minimum absolute atomic E-state index is 0.484. The van der Waals surface area contributed by atoms with Gasteiger partial charge < -0.3 is 25.7 Å². The van der Waals surface area contributed by atoms with Crippen LogP contribution in [0.1, 0.15) is 12.8 Å². The molecule has 0 spiro atoms. The van der Waals surface area contributed by atoms with Crippen molar-refractivity contribution < 1.29 is 19.8 Å². The zero-order valence-electron chi connectivity index (χ0n) is 10.3. The molecule has 0 aromatic heterocycles. The number of carboxylic acid groups (broad SMARTS) is 1. The zero-order chi connectivity index (χ0) is 13.3. The van der Waals surface area contributed by atoms with E-state index in [1.165, 1.54) is 0 Å². The number of nitrogens with one attached hydrogen (secondary N) is 2. The van der Waals surface area contributed by atoms with E-state index in [1.54, 1.807) is 0 Å². The van der Waals surface area contributed by atoms with Gasteiger partial charge in [-0.2, -0.15) is 0 Å². The van der Waals surface area contributed by atoms with E-state index in [1.807, 2.05) is 19.0 Å². The lowest BCUT2D eigenvalue weighted by Crippen LogP contribution is -2.48. The van der Waals surface area contributed by atoms with Crippen LogP contribution in [-0.2, 0) is 4.79 Å². The average molecular weight is 247 g/mol. The molecule has 2 amide bonds. The Kier molecular flexibility index (Phi) is 8.08. The summed E-state index contributed by atoms with van der Waals surface area (Å²) in [4.78, 5) is 23.8. The molecule has 0 saturated heterocycles. The van der Waals surface area contributed by atoms with Crippen molar-refractivity contribution >= 4 is 12.0 Å². The summed E-state index contributed by atoms with van der Waals surface area (Å²) in [7, 11) is 3.94. The molecule has 0 fully saturated rings. The highest BCUT2D eigenvalue weighted by Crippen LogP contribution is 1.89. The van der Waals surface area contributed by atoms with Crippen LogP contribution in [0.25, 0.3) is 0 Å². The predicted octanol–water partition coefficient (Wildman–Crippen LogP) is -0.927. The fourth-order valence-corrected chi connectivity index (χ4v) is 1.15. The monoisotopic (exact) mass is 247 g/mol. The largest absolute Gasteiger partial charge is 0.480 e. The van der Waals surface area contributed by atoms with E-state index < -0.39 is 24.6 Å². The van der Waals surface area contributed by atoms with Crippen molar-refractivity contribution in [1.82, 2.24) is 15.5 Å². The first-order valence-corrected chi connectivity index (χ1v) is 5.50. The number of amides is 2. The van der Waals surface area contributed by atoms with Crippen molar-refractivity contribution in [3.63, 3.8) is 0 Å². The lowest BCUT2D eigenvalue weighted by atomic mass is 10.3. The molecule has 100 valence electrons. The van der Waals surface area contributed by atoms with Crippen LogP contribution in [0.5, 0.6) is 0 Å². The molecule has 0 aromatic rings. The fourth-order valence-electron chi connectivity index (χ4n) is 1.15. The van der Waals surface area contributed by atoms with Crippen LogP contribution in [0.2, 0.25) is 0 Å². The second kappa shape index (κ2) is 8.77. The number of carbonyl (C=O) groups is 2. The molecule has 0 bridgehead atoms. The molecule has 17 heavy (non-hydrogen) atoms. The third-order valence-electron chi connectivity index (χ3n) is 2.10. The highest BCUT2D eigenvalue weighted by atomic mass is 16.4. The lowest BCUT2D eigenvalue weighted by molar-refractivity contribution is -0.140. The first kappa shape index (κ1) is 15.7. The van der Waals surface area contributed by atoms with Crippen LogP contribution in [-0.4, -0.2) is 66.9 Å². The van der Waals surface area contributed by atoms with Gasteiger partial charge in [-0.15, -0.1) is 0 Å². The standard InChI is InChI=1S/C10H21N3O4/c1-13(2)6-4-3-5-11-10(17)12-8(7-14)9(15)16/h8,14H,3-7H2,1-2H3,(H,15,16)(H2,11,12,17)/t8-/m1/s1. The Labute approximate surface area is 101 Å². The smallest absolute Gasteiger partial charge is 0.328 e. The van der Waals surface area contributed by atoms with Crippen molar-refractivity contribution in [2.24, 2.45) is 0 Å². The Hall–Kier alpha value is -1.34. The first-order valence-electron chi connectivity index (χ1n) is 5.50. The number of aliphatic hydroxyl groups is 1. The van der Waals surface area contributed by atoms with Gasteiger partial charge in [0.2, 0.25) is 0 Å². The average Bonchev–Trinajstić information content (AvgIpc) is 2.24. The number of aliphatic carboxylic acids is 1. The number of urea groups is 1. The molecule has 0 unspecified atom stereocenters. The molecule has 7 heteroatoms. The van der Waals surface area contributed by atoms with Gasteiger partial charge in [0.1, 0.15) is 0 Å². The molecular formula is C10H21N3O4. The van der Waals surface area contributed by atoms with E-state index in [9.17, 15) is 9.59 Å². The van der Waals surface area contributed by atoms with E-state index in [0.717, 1.165) is 19.4 Å². The minimum Gasteiger partial charge on any atom is -0.480 e.